The van der Waals surface area contributed by atoms with Crippen LogP contribution in [0.2, 0.25) is 0 Å². The van der Waals surface area contributed by atoms with Crippen LogP contribution in [-0.2, 0) is 13.8 Å². The van der Waals surface area contributed by atoms with E-state index in [1.807, 2.05) is 0 Å². The Morgan fingerprint density at radius 3 is 2.78 bits per heavy atom. The van der Waals surface area contributed by atoms with Crippen LogP contribution in [0, 0.1) is 6.85 Å². The topological polar surface area (TPSA) is 137 Å². The van der Waals surface area contributed by atoms with Crippen molar-refractivity contribution in [2.75, 3.05) is 6.61 Å². The molecule has 1 aromatic heterocycles. The molecule has 0 aromatic carbocycles. The Labute approximate surface area is 178 Å². The van der Waals surface area contributed by atoms with Gasteiger partial charge < -0.3 is 23.6 Å². The molecule has 2 heterocycles. The van der Waals surface area contributed by atoms with Crippen LogP contribution in [0.1, 0.15) is 22.3 Å². The standard InChI is InChI=1S/C10H14FN2O7P.2Na/c1-5-3-13(10(15)12-9(5)14)8-2-6(11)7(20-8)4-19-21(16,17)18;;/h3,6-8H,2,4H2,1H3,(H,12,14,15)(H2,16,17,18);;/q;2*+1/p-2/i1D3;;. The average Bonchev–Trinajstić information content (AvgIpc) is 2.75. The van der Waals surface area contributed by atoms with E-state index in [0.717, 1.165) is 6.20 Å². The van der Waals surface area contributed by atoms with Crippen LogP contribution < -0.4 is 80.2 Å². The van der Waals surface area contributed by atoms with Crippen molar-refractivity contribution in [3.05, 3.63) is 32.6 Å². The molecular formula is C10H12FN2Na2O7P. The molecule has 23 heavy (non-hydrogen) atoms. The molecular weight excluding hydrogens is 356 g/mol. The zero-order chi connectivity index (χ0) is 18.3. The van der Waals surface area contributed by atoms with Crippen LogP contribution in [0.5, 0.6) is 0 Å². The Hall–Kier alpha value is 0.680. The van der Waals surface area contributed by atoms with Gasteiger partial charge in [0.25, 0.3) is 5.56 Å². The molecule has 0 bridgehead atoms. The number of ether oxygens (including phenoxy) is 1. The number of phosphoric acid groups is 1. The van der Waals surface area contributed by atoms with Gasteiger partial charge in [0, 0.05) is 22.3 Å². The monoisotopic (exact) mass is 371 g/mol. The summed E-state index contributed by atoms with van der Waals surface area (Å²) in [6, 6.07) is 0. The van der Waals surface area contributed by atoms with Gasteiger partial charge in [-0.1, -0.05) is 0 Å². The Balaban J connectivity index is 0.00000312. The smallest absolute Gasteiger partial charge is 0.790 e. The summed E-state index contributed by atoms with van der Waals surface area (Å²) in [5.74, 6) is 0. The van der Waals surface area contributed by atoms with E-state index in [0.29, 0.717) is 4.57 Å². The molecule has 1 saturated heterocycles. The van der Waals surface area contributed by atoms with E-state index >= 15 is 0 Å². The molecule has 0 amide bonds. The molecule has 0 spiro atoms. The number of hydrogen-bond acceptors (Lipinski definition) is 7. The van der Waals surface area contributed by atoms with E-state index in [1.165, 1.54) is 0 Å². The molecule has 0 radical (unpaired) electrons. The van der Waals surface area contributed by atoms with Crippen molar-refractivity contribution in [3.8, 4) is 0 Å². The van der Waals surface area contributed by atoms with Crippen LogP contribution in [0.15, 0.2) is 15.8 Å². The summed E-state index contributed by atoms with van der Waals surface area (Å²) in [5, 5.41) is 0. The quantitative estimate of drug-likeness (QED) is 0.410. The molecule has 2 rings (SSSR count). The molecule has 1 aliphatic rings. The van der Waals surface area contributed by atoms with Crippen LogP contribution in [0.25, 0.3) is 0 Å². The third-order valence-corrected chi connectivity index (χ3v) is 3.30. The largest absolute Gasteiger partial charge is 1.00 e. The zero-order valence-corrected chi connectivity index (χ0v) is 17.2. The van der Waals surface area contributed by atoms with Crippen molar-refractivity contribution >= 4 is 7.82 Å². The summed E-state index contributed by atoms with van der Waals surface area (Å²) in [4.78, 5) is 45.9. The first-order valence-corrected chi connectivity index (χ1v) is 7.16. The van der Waals surface area contributed by atoms with Gasteiger partial charge in [0.1, 0.15) is 18.5 Å². The van der Waals surface area contributed by atoms with Crippen molar-refractivity contribution in [2.24, 2.45) is 0 Å². The van der Waals surface area contributed by atoms with E-state index in [1.54, 1.807) is 4.98 Å². The van der Waals surface area contributed by atoms with Gasteiger partial charge in [0.15, 0.2) is 0 Å². The second-order valence-electron chi connectivity index (χ2n) is 4.33. The Morgan fingerprint density at radius 1 is 1.57 bits per heavy atom. The fraction of sp³-hybridized carbons (Fsp3) is 0.600. The molecule has 13 heteroatoms. The molecule has 1 aromatic rings. The first-order chi connectivity index (χ1) is 10.9. The van der Waals surface area contributed by atoms with E-state index in [4.69, 9.17) is 8.85 Å². The maximum atomic E-state index is 13.8. The SMILES string of the molecule is [2H]C([2H])([2H])c1cn(C2CC(F)C(COP(=O)([O-])[O-])O2)c(=O)[nH]c1=O.[Na+].[Na+]. The van der Waals surface area contributed by atoms with E-state index in [2.05, 4.69) is 4.52 Å². The number of hydrogen-bond donors (Lipinski definition) is 1. The second-order valence-corrected chi connectivity index (χ2v) is 5.49. The summed E-state index contributed by atoms with van der Waals surface area (Å²) in [6.07, 6.45) is -4.20. The minimum absolute atomic E-state index is 0. The molecule has 3 unspecified atom stereocenters. The normalized spacial score (nSPS) is 26.4. The van der Waals surface area contributed by atoms with Gasteiger partial charge in [-0.3, -0.25) is 14.3 Å². The van der Waals surface area contributed by atoms with Crippen LogP contribution >= 0.6 is 7.82 Å². The fourth-order valence-electron chi connectivity index (χ4n) is 1.87. The minimum atomic E-state index is -5.32. The molecule has 1 N–H and O–H groups in total. The number of halogens is 1. The van der Waals surface area contributed by atoms with Crippen LogP contribution in [0.4, 0.5) is 4.39 Å². The van der Waals surface area contributed by atoms with Crippen molar-refractivity contribution < 1.29 is 91.2 Å². The average molecular weight is 371 g/mol. The van der Waals surface area contributed by atoms with Crippen molar-refractivity contribution in [3.63, 3.8) is 0 Å². The summed E-state index contributed by atoms with van der Waals surface area (Å²) >= 11 is 0. The molecule has 118 valence electrons. The predicted octanol–water partition coefficient (Wildman–Crippen LogP) is -7.68. The van der Waals surface area contributed by atoms with Crippen molar-refractivity contribution in [2.45, 2.75) is 31.8 Å². The summed E-state index contributed by atoms with van der Waals surface area (Å²) in [5.41, 5.74) is -2.82. The fourth-order valence-corrected chi connectivity index (χ4v) is 2.20. The van der Waals surface area contributed by atoms with Gasteiger partial charge >= 0.3 is 64.8 Å². The number of phosphoric ester groups is 1. The predicted molar refractivity (Wildman–Crippen MR) is 63.0 cm³/mol. The Morgan fingerprint density at radius 2 is 2.22 bits per heavy atom. The number of aryl methyl sites for hydroxylation is 1. The summed E-state index contributed by atoms with van der Waals surface area (Å²) in [6.45, 7) is -3.69. The minimum Gasteiger partial charge on any atom is -0.790 e. The number of alkyl halides is 1. The van der Waals surface area contributed by atoms with Crippen LogP contribution in [0.3, 0.4) is 0 Å². The van der Waals surface area contributed by atoms with Gasteiger partial charge in [-0.05, 0) is 6.85 Å². The van der Waals surface area contributed by atoms with Gasteiger partial charge in [-0.2, -0.15) is 0 Å². The Bertz CT molecular complexity index is 783. The summed E-state index contributed by atoms with van der Waals surface area (Å²) in [7, 11) is -5.32. The van der Waals surface area contributed by atoms with Gasteiger partial charge in [0.2, 0.25) is 0 Å². The summed E-state index contributed by atoms with van der Waals surface area (Å²) < 4.78 is 55.7. The molecule has 0 saturated carbocycles. The number of rotatable bonds is 4. The molecule has 1 fully saturated rings. The molecule has 1 aliphatic heterocycles. The van der Waals surface area contributed by atoms with E-state index in [-0.39, 0.29) is 59.1 Å². The maximum absolute atomic E-state index is 13.8. The van der Waals surface area contributed by atoms with E-state index in [9.17, 15) is 28.3 Å². The van der Waals surface area contributed by atoms with Gasteiger partial charge in [0.05, 0.1) is 14.4 Å². The third-order valence-electron chi connectivity index (χ3n) is 2.84. The van der Waals surface area contributed by atoms with E-state index < -0.39 is 63.0 Å². The number of aromatic nitrogens is 2. The number of H-pyrrole nitrogens is 1. The van der Waals surface area contributed by atoms with Gasteiger partial charge in [-0.25, -0.2) is 9.18 Å². The second kappa shape index (κ2) is 9.40. The number of nitrogens with one attached hydrogen (secondary N) is 1. The number of aromatic amines is 1. The van der Waals surface area contributed by atoms with Crippen molar-refractivity contribution in [1.82, 2.24) is 9.55 Å². The molecule has 9 nitrogen and oxygen atoms in total. The molecule has 0 aliphatic carbocycles. The van der Waals surface area contributed by atoms with Crippen molar-refractivity contribution in [1.29, 1.82) is 0 Å². The van der Waals surface area contributed by atoms with Gasteiger partial charge in [-0.15, -0.1) is 0 Å². The zero-order valence-electron chi connectivity index (χ0n) is 15.4. The third kappa shape index (κ3) is 6.48. The first-order valence-electron chi connectivity index (χ1n) is 7.20. The number of nitrogens with zero attached hydrogens (tertiary/aromatic N) is 1. The Kier molecular flexibility index (Phi) is 7.55. The maximum Gasteiger partial charge on any atom is 1.00 e. The first kappa shape index (κ1) is 18.5. The molecule has 3 atom stereocenters. The van der Waals surface area contributed by atoms with Crippen LogP contribution in [-0.4, -0.2) is 28.4 Å².